The first-order chi connectivity index (χ1) is 7.56. The van der Waals surface area contributed by atoms with E-state index >= 15 is 0 Å². The normalized spacial score (nSPS) is 14.6. The first-order valence-corrected chi connectivity index (χ1v) is 6.46. The number of hydrogen-bond donors (Lipinski definition) is 1. The Labute approximate surface area is 92.6 Å². The maximum Gasteiger partial charge on any atom is 0.169 e. The number of benzene rings is 2. The molecule has 0 bridgehead atoms. The van der Waals surface area contributed by atoms with Gasteiger partial charge in [-0.3, -0.25) is 0 Å². The van der Waals surface area contributed by atoms with E-state index in [9.17, 15) is 9.46 Å². The minimum absolute atomic E-state index is 0.447. The Kier molecular flexibility index (Phi) is 2.97. The maximum atomic E-state index is 10.6. The summed E-state index contributed by atoms with van der Waals surface area (Å²) in [6.45, 7) is 0. The molecular weight excluding hydrogens is 227 g/mol. The molecule has 2 rings (SSSR count). The van der Waals surface area contributed by atoms with Gasteiger partial charge in [-0.2, -0.15) is 0 Å². The Balaban J connectivity index is 2.34. The fraction of sp³-hybridized carbons (Fsp3) is 0.0909. The highest BCUT2D eigenvalue weighted by atomic mass is 31.2. The van der Waals surface area contributed by atoms with E-state index in [0.717, 1.165) is 10.8 Å². The molecule has 4 nitrogen and oxygen atoms in total. The van der Waals surface area contributed by atoms with E-state index in [1.165, 1.54) is 0 Å². The highest BCUT2D eigenvalue weighted by Gasteiger charge is 2.05. The van der Waals surface area contributed by atoms with Crippen LogP contribution in [0, 0.1) is 0 Å². The molecular formula is C11H10O4P-. The van der Waals surface area contributed by atoms with Crippen LogP contribution in [-0.2, 0) is 4.57 Å². The van der Waals surface area contributed by atoms with Gasteiger partial charge in [0.2, 0.25) is 0 Å². The van der Waals surface area contributed by atoms with Gasteiger partial charge >= 0.3 is 0 Å². The van der Waals surface area contributed by atoms with Crippen LogP contribution in [0.1, 0.15) is 0 Å². The summed E-state index contributed by atoms with van der Waals surface area (Å²) in [4.78, 5) is 19.2. The van der Waals surface area contributed by atoms with Crippen molar-refractivity contribution in [1.82, 2.24) is 0 Å². The molecule has 0 aliphatic carbocycles. The first-order valence-electron chi connectivity index (χ1n) is 4.70. The van der Waals surface area contributed by atoms with Gasteiger partial charge in [-0.05, 0) is 11.5 Å². The Hall–Kier alpha value is -1.35. The van der Waals surface area contributed by atoms with Crippen molar-refractivity contribution in [1.29, 1.82) is 0 Å². The third-order valence-electron chi connectivity index (χ3n) is 2.13. The molecule has 0 aliphatic heterocycles. The van der Waals surface area contributed by atoms with E-state index < -0.39 is 13.9 Å². The van der Waals surface area contributed by atoms with Gasteiger partial charge in [-0.25, -0.2) is 0 Å². The molecule has 1 unspecified atom stereocenters. The monoisotopic (exact) mass is 237 g/mol. The standard InChI is InChI=1S/C11H11O4P/c12-16(13,14)8-15-11-7-3-5-9-4-1-2-6-10(9)11/h1-7H,8H2,(H2,12,13,14)/p-1. The summed E-state index contributed by atoms with van der Waals surface area (Å²) in [6.07, 6.45) is -0.707. The molecule has 0 saturated heterocycles. The van der Waals surface area contributed by atoms with E-state index in [2.05, 4.69) is 0 Å². The molecule has 0 radical (unpaired) electrons. The van der Waals surface area contributed by atoms with Crippen LogP contribution in [0.25, 0.3) is 10.8 Å². The fourth-order valence-corrected chi connectivity index (χ4v) is 1.77. The summed E-state index contributed by atoms with van der Waals surface area (Å²) >= 11 is 0. The van der Waals surface area contributed by atoms with Crippen LogP contribution < -0.4 is 9.63 Å². The van der Waals surface area contributed by atoms with Crippen LogP contribution in [0.5, 0.6) is 5.75 Å². The predicted octanol–water partition coefficient (Wildman–Crippen LogP) is 1.72. The SMILES string of the molecule is O=P([O-])(O)COc1cccc2ccccc12. The zero-order chi connectivity index (χ0) is 11.6. The van der Waals surface area contributed by atoms with Crippen molar-refractivity contribution in [3.05, 3.63) is 42.5 Å². The molecule has 1 N–H and O–H groups in total. The Morgan fingerprint density at radius 1 is 1.19 bits per heavy atom. The van der Waals surface area contributed by atoms with E-state index in [1.807, 2.05) is 30.3 Å². The lowest BCUT2D eigenvalue weighted by Crippen LogP contribution is -2.08. The summed E-state index contributed by atoms with van der Waals surface area (Å²) in [6, 6.07) is 12.8. The average molecular weight is 237 g/mol. The van der Waals surface area contributed by atoms with Crippen molar-refractivity contribution in [2.75, 3.05) is 6.35 Å². The lowest BCUT2D eigenvalue weighted by molar-refractivity contribution is -0.196. The summed E-state index contributed by atoms with van der Waals surface area (Å²) in [5.41, 5.74) is 0. The highest BCUT2D eigenvalue weighted by Crippen LogP contribution is 2.32. The van der Waals surface area contributed by atoms with Crippen molar-refractivity contribution in [2.24, 2.45) is 0 Å². The second-order valence-corrected chi connectivity index (χ2v) is 4.92. The van der Waals surface area contributed by atoms with Gasteiger partial charge in [0, 0.05) is 5.39 Å². The molecule has 0 fully saturated rings. The second-order valence-electron chi connectivity index (χ2n) is 3.39. The highest BCUT2D eigenvalue weighted by molar-refractivity contribution is 7.50. The minimum Gasteiger partial charge on any atom is -0.776 e. The van der Waals surface area contributed by atoms with Gasteiger partial charge in [-0.1, -0.05) is 36.4 Å². The predicted molar refractivity (Wildman–Crippen MR) is 59.3 cm³/mol. The molecule has 2 aromatic rings. The molecule has 84 valence electrons. The lowest BCUT2D eigenvalue weighted by Gasteiger charge is -2.17. The number of fused-ring (bicyclic) bond motifs is 1. The molecule has 2 aromatic carbocycles. The van der Waals surface area contributed by atoms with Gasteiger partial charge in [0.15, 0.2) is 13.9 Å². The third-order valence-corrected chi connectivity index (χ3v) is 2.59. The molecule has 0 amide bonds. The lowest BCUT2D eigenvalue weighted by atomic mass is 10.1. The molecule has 0 aromatic heterocycles. The largest absolute Gasteiger partial charge is 0.776 e. The summed E-state index contributed by atoms with van der Waals surface area (Å²) in [5, 5.41) is 1.78. The zero-order valence-corrected chi connectivity index (χ0v) is 9.26. The third kappa shape index (κ3) is 2.61. The molecule has 0 spiro atoms. The number of hydrogen-bond acceptors (Lipinski definition) is 3. The summed E-state index contributed by atoms with van der Waals surface area (Å²) < 4.78 is 15.7. The number of ether oxygens (including phenoxy) is 1. The van der Waals surface area contributed by atoms with Crippen molar-refractivity contribution >= 4 is 18.4 Å². The molecule has 0 saturated carbocycles. The van der Waals surface area contributed by atoms with Gasteiger partial charge < -0.3 is 19.1 Å². The summed E-state index contributed by atoms with van der Waals surface area (Å²) in [7, 11) is -4.38. The molecule has 0 aliphatic rings. The van der Waals surface area contributed by atoms with Gasteiger partial charge in [-0.15, -0.1) is 0 Å². The van der Waals surface area contributed by atoms with Crippen molar-refractivity contribution in [3.63, 3.8) is 0 Å². The van der Waals surface area contributed by atoms with Crippen LogP contribution in [0.3, 0.4) is 0 Å². The van der Waals surface area contributed by atoms with Crippen molar-refractivity contribution in [3.8, 4) is 5.75 Å². The van der Waals surface area contributed by atoms with Crippen LogP contribution in [0.15, 0.2) is 42.5 Å². The summed E-state index contributed by atoms with van der Waals surface area (Å²) in [5.74, 6) is 0.447. The fourth-order valence-electron chi connectivity index (χ4n) is 1.47. The smallest absolute Gasteiger partial charge is 0.169 e. The van der Waals surface area contributed by atoms with E-state index in [1.54, 1.807) is 12.1 Å². The Morgan fingerprint density at radius 2 is 1.88 bits per heavy atom. The second kappa shape index (κ2) is 4.26. The van der Waals surface area contributed by atoms with Gasteiger partial charge in [0.05, 0.1) is 0 Å². The van der Waals surface area contributed by atoms with Crippen LogP contribution in [0.2, 0.25) is 0 Å². The van der Waals surface area contributed by atoms with Crippen LogP contribution in [-0.4, -0.2) is 11.2 Å². The molecule has 16 heavy (non-hydrogen) atoms. The maximum absolute atomic E-state index is 10.6. The molecule has 1 atom stereocenters. The van der Waals surface area contributed by atoms with E-state index in [4.69, 9.17) is 9.63 Å². The quantitative estimate of drug-likeness (QED) is 0.825. The Morgan fingerprint density at radius 3 is 2.62 bits per heavy atom. The topological polar surface area (TPSA) is 69.6 Å². The van der Waals surface area contributed by atoms with Gasteiger partial charge in [0.1, 0.15) is 5.75 Å². The van der Waals surface area contributed by atoms with E-state index in [0.29, 0.717) is 5.75 Å². The zero-order valence-electron chi connectivity index (χ0n) is 8.37. The van der Waals surface area contributed by atoms with Crippen LogP contribution in [0.4, 0.5) is 0 Å². The number of rotatable bonds is 3. The molecule has 5 heteroatoms. The van der Waals surface area contributed by atoms with Crippen LogP contribution >= 0.6 is 7.60 Å². The van der Waals surface area contributed by atoms with E-state index in [-0.39, 0.29) is 0 Å². The van der Waals surface area contributed by atoms with Gasteiger partial charge in [0.25, 0.3) is 0 Å². The average Bonchev–Trinajstić information content (AvgIpc) is 2.25. The molecule has 0 heterocycles. The van der Waals surface area contributed by atoms with Crippen molar-refractivity contribution < 1.29 is 19.1 Å². The van der Waals surface area contributed by atoms with Crippen molar-refractivity contribution in [2.45, 2.75) is 0 Å². The first kappa shape index (κ1) is 11.1. The Bertz CT molecular complexity index is 541. The minimum atomic E-state index is -4.38.